The highest BCUT2D eigenvalue weighted by atomic mass is 16.1. The van der Waals surface area contributed by atoms with E-state index in [1.165, 1.54) is 0 Å². The van der Waals surface area contributed by atoms with Crippen LogP contribution in [0.15, 0.2) is 0 Å². The molecule has 0 aromatic carbocycles. The largest absolute Gasteiger partial charge is 0.320 e. The van der Waals surface area contributed by atoms with Gasteiger partial charge in [-0.3, -0.25) is 14.9 Å². The minimum Gasteiger partial charge on any atom is -0.320 e. The van der Waals surface area contributed by atoms with Crippen LogP contribution in [0.5, 0.6) is 0 Å². The zero-order chi connectivity index (χ0) is 13.5. The van der Waals surface area contributed by atoms with Crippen molar-refractivity contribution in [2.24, 2.45) is 0 Å². The molecule has 0 aliphatic carbocycles. The first-order valence-electron chi connectivity index (χ1n) is 6.74. The lowest BCUT2D eigenvalue weighted by Gasteiger charge is -2.39. The Kier molecular flexibility index (Phi) is 6.29. The zero-order valence-electron chi connectivity index (χ0n) is 11.6. The van der Waals surface area contributed by atoms with Crippen LogP contribution in [0.25, 0.3) is 0 Å². The normalized spacial score (nSPS) is 25.8. The minimum atomic E-state index is -0.240. The second-order valence-electron chi connectivity index (χ2n) is 5.06. The zero-order valence-corrected chi connectivity index (χ0v) is 11.6. The van der Waals surface area contributed by atoms with Crippen LogP contribution in [0, 0.1) is 0 Å². The third-order valence-electron chi connectivity index (χ3n) is 3.72. The summed E-state index contributed by atoms with van der Waals surface area (Å²) in [6.45, 7) is 4.51. The van der Waals surface area contributed by atoms with Gasteiger partial charge in [0.2, 0.25) is 6.41 Å². The molecule has 0 radical (unpaired) electrons. The van der Waals surface area contributed by atoms with Crippen molar-refractivity contribution in [3.8, 4) is 0 Å². The number of Topliss-reactive ketones (excluding diaryl/α,β-unsaturated/α-hetero) is 1. The molecule has 0 aromatic rings. The second kappa shape index (κ2) is 7.48. The van der Waals surface area contributed by atoms with Gasteiger partial charge in [-0.2, -0.15) is 0 Å². The maximum atomic E-state index is 11.5. The smallest absolute Gasteiger partial charge is 0.211 e. The van der Waals surface area contributed by atoms with Gasteiger partial charge < -0.3 is 10.2 Å². The average Bonchev–Trinajstić information content (AvgIpc) is 2.37. The molecule has 1 rings (SSSR count). The van der Waals surface area contributed by atoms with E-state index >= 15 is 0 Å². The molecule has 0 spiro atoms. The van der Waals surface area contributed by atoms with Crippen LogP contribution in [0.4, 0.5) is 0 Å². The van der Waals surface area contributed by atoms with Crippen molar-refractivity contribution >= 4 is 12.2 Å². The summed E-state index contributed by atoms with van der Waals surface area (Å²) < 4.78 is 0. The van der Waals surface area contributed by atoms with Crippen LogP contribution in [0.3, 0.4) is 0 Å². The van der Waals surface area contributed by atoms with Crippen molar-refractivity contribution in [1.82, 2.24) is 15.5 Å². The lowest BCUT2D eigenvalue weighted by atomic mass is 10.0. The fourth-order valence-electron chi connectivity index (χ4n) is 2.43. The summed E-state index contributed by atoms with van der Waals surface area (Å²) in [4.78, 5) is 24.3. The molecule has 3 unspecified atom stereocenters. The van der Waals surface area contributed by atoms with Crippen LogP contribution in [0.2, 0.25) is 0 Å². The molecule has 5 nitrogen and oxygen atoms in total. The first kappa shape index (κ1) is 15.1. The van der Waals surface area contributed by atoms with E-state index in [1.54, 1.807) is 11.8 Å². The minimum absolute atomic E-state index is 0.00852. The standard InChI is InChI=1S/C13H25N3O2/c1-10(14-3)5-4-6-13-15-8-7-12(11(2)18)16(13)9-17/h9-10,12-15H,4-8H2,1-3H3. The summed E-state index contributed by atoms with van der Waals surface area (Å²) in [5.74, 6) is 0.0807. The Hall–Kier alpha value is -0.940. The highest BCUT2D eigenvalue weighted by molar-refractivity contribution is 5.83. The number of ketones is 1. The summed E-state index contributed by atoms with van der Waals surface area (Å²) in [6, 6.07) is 0.248. The second-order valence-corrected chi connectivity index (χ2v) is 5.06. The fraction of sp³-hybridized carbons (Fsp3) is 0.846. The Balaban J connectivity index is 2.47. The van der Waals surface area contributed by atoms with Gasteiger partial charge in [0.25, 0.3) is 0 Å². The van der Waals surface area contributed by atoms with Crippen molar-refractivity contribution in [2.45, 2.75) is 57.8 Å². The van der Waals surface area contributed by atoms with Gasteiger partial charge in [0, 0.05) is 6.04 Å². The van der Waals surface area contributed by atoms with E-state index in [1.807, 2.05) is 7.05 Å². The van der Waals surface area contributed by atoms with Gasteiger partial charge in [0.15, 0.2) is 5.78 Å². The third-order valence-corrected chi connectivity index (χ3v) is 3.72. The average molecular weight is 255 g/mol. The van der Waals surface area contributed by atoms with Crippen molar-refractivity contribution in [1.29, 1.82) is 0 Å². The summed E-state index contributed by atoms with van der Waals surface area (Å²) in [5.41, 5.74) is 0. The van der Waals surface area contributed by atoms with Crippen LogP contribution in [-0.2, 0) is 9.59 Å². The molecule has 18 heavy (non-hydrogen) atoms. The molecule has 1 saturated heterocycles. The molecule has 3 atom stereocenters. The maximum Gasteiger partial charge on any atom is 0.211 e. The number of hydrogen-bond acceptors (Lipinski definition) is 4. The Bertz CT molecular complexity index is 283. The number of carbonyl (C=O) groups excluding carboxylic acids is 2. The molecule has 1 heterocycles. The molecule has 0 saturated carbocycles. The lowest BCUT2D eigenvalue weighted by molar-refractivity contribution is -0.135. The van der Waals surface area contributed by atoms with E-state index < -0.39 is 0 Å². The Morgan fingerprint density at radius 2 is 2.33 bits per heavy atom. The Morgan fingerprint density at radius 3 is 2.89 bits per heavy atom. The van der Waals surface area contributed by atoms with E-state index in [9.17, 15) is 9.59 Å². The Morgan fingerprint density at radius 1 is 1.61 bits per heavy atom. The molecule has 1 aliphatic rings. The number of nitrogens with one attached hydrogen (secondary N) is 2. The number of carbonyl (C=O) groups is 2. The van der Waals surface area contributed by atoms with E-state index in [-0.39, 0.29) is 18.0 Å². The van der Waals surface area contributed by atoms with Crippen LogP contribution in [0.1, 0.15) is 39.5 Å². The molecule has 5 heteroatoms. The van der Waals surface area contributed by atoms with Gasteiger partial charge >= 0.3 is 0 Å². The van der Waals surface area contributed by atoms with Crippen LogP contribution in [-0.4, -0.2) is 48.9 Å². The monoisotopic (exact) mass is 255 g/mol. The number of nitrogens with zero attached hydrogens (tertiary/aromatic N) is 1. The first-order chi connectivity index (χ1) is 8.60. The third kappa shape index (κ3) is 4.07. The molecular weight excluding hydrogens is 230 g/mol. The molecule has 0 bridgehead atoms. The molecule has 104 valence electrons. The van der Waals surface area contributed by atoms with Gasteiger partial charge in [-0.25, -0.2) is 0 Å². The maximum absolute atomic E-state index is 11.5. The van der Waals surface area contributed by atoms with Crippen molar-refractivity contribution in [3.05, 3.63) is 0 Å². The highest BCUT2D eigenvalue weighted by Crippen LogP contribution is 2.16. The van der Waals surface area contributed by atoms with Gasteiger partial charge in [-0.05, 0) is 53.1 Å². The molecule has 2 N–H and O–H groups in total. The summed E-state index contributed by atoms with van der Waals surface area (Å²) in [6.07, 6.45) is 4.55. The highest BCUT2D eigenvalue weighted by Gasteiger charge is 2.31. The number of rotatable bonds is 7. The van der Waals surface area contributed by atoms with E-state index in [4.69, 9.17) is 0 Å². The molecule has 1 amide bonds. The van der Waals surface area contributed by atoms with Gasteiger partial charge in [-0.1, -0.05) is 0 Å². The summed E-state index contributed by atoms with van der Waals surface area (Å²) >= 11 is 0. The lowest BCUT2D eigenvalue weighted by Crippen LogP contribution is -2.57. The van der Waals surface area contributed by atoms with Gasteiger partial charge in [0.05, 0.1) is 12.2 Å². The van der Waals surface area contributed by atoms with Crippen molar-refractivity contribution in [3.63, 3.8) is 0 Å². The number of hydrogen-bond donors (Lipinski definition) is 2. The number of amides is 1. The van der Waals surface area contributed by atoms with E-state index in [0.29, 0.717) is 6.04 Å². The van der Waals surface area contributed by atoms with Crippen molar-refractivity contribution < 1.29 is 9.59 Å². The molecular formula is C13H25N3O2. The van der Waals surface area contributed by atoms with Crippen LogP contribution >= 0.6 is 0 Å². The first-order valence-corrected chi connectivity index (χ1v) is 6.74. The van der Waals surface area contributed by atoms with Crippen LogP contribution < -0.4 is 10.6 Å². The quantitative estimate of drug-likeness (QED) is 0.650. The molecule has 0 aromatic heterocycles. The SMILES string of the molecule is CNC(C)CCCC1NCCC(C(C)=O)N1C=O. The Labute approximate surface area is 109 Å². The molecule has 1 aliphatic heterocycles. The van der Waals surface area contributed by atoms with E-state index in [2.05, 4.69) is 17.6 Å². The summed E-state index contributed by atoms with van der Waals surface area (Å²) in [7, 11) is 1.95. The van der Waals surface area contributed by atoms with E-state index in [0.717, 1.165) is 38.6 Å². The fourth-order valence-corrected chi connectivity index (χ4v) is 2.43. The van der Waals surface area contributed by atoms with Gasteiger partial charge in [-0.15, -0.1) is 0 Å². The van der Waals surface area contributed by atoms with Gasteiger partial charge in [0.1, 0.15) is 0 Å². The van der Waals surface area contributed by atoms with Crippen molar-refractivity contribution in [2.75, 3.05) is 13.6 Å². The molecule has 1 fully saturated rings. The topological polar surface area (TPSA) is 61.4 Å². The summed E-state index contributed by atoms with van der Waals surface area (Å²) in [5, 5.41) is 6.52. The predicted octanol–water partition coefficient (Wildman–Crippen LogP) is 0.500. The predicted molar refractivity (Wildman–Crippen MR) is 71.2 cm³/mol.